The second kappa shape index (κ2) is 7.59. The minimum Gasteiger partial charge on any atom is -0.480 e. The Hall–Kier alpha value is -0.610. The van der Waals surface area contributed by atoms with Gasteiger partial charge < -0.3 is 5.11 Å². The number of aliphatic carboxylic acids is 1. The molecule has 0 spiro atoms. The second-order valence-electron chi connectivity index (χ2n) is 7.40. The van der Waals surface area contributed by atoms with Crippen LogP contribution in [0.15, 0.2) is 0 Å². The highest BCUT2D eigenvalue weighted by Crippen LogP contribution is 2.32. The topological polar surface area (TPSA) is 43.8 Å². The number of carbonyl (C=O) groups is 1. The molecule has 0 bridgehead atoms. The van der Waals surface area contributed by atoms with Crippen molar-refractivity contribution in [3.05, 3.63) is 0 Å². The van der Waals surface area contributed by atoms with Gasteiger partial charge in [-0.3, -0.25) is 14.6 Å². The predicted molar refractivity (Wildman–Crippen MR) is 85.4 cm³/mol. The summed E-state index contributed by atoms with van der Waals surface area (Å²) in [6.45, 7) is 10.3. The van der Waals surface area contributed by atoms with Crippen LogP contribution in [0.3, 0.4) is 0 Å². The molecule has 0 aromatic heterocycles. The van der Waals surface area contributed by atoms with Gasteiger partial charge in [0.1, 0.15) is 6.04 Å². The van der Waals surface area contributed by atoms with Crippen molar-refractivity contribution < 1.29 is 9.90 Å². The molecule has 4 heteroatoms. The average Bonchev–Trinajstić information content (AvgIpc) is 2.46. The van der Waals surface area contributed by atoms with Crippen LogP contribution in [0.25, 0.3) is 0 Å². The van der Waals surface area contributed by atoms with E-state index in [2.05, 4.69) is 23.6 Å². The van der Waals surface area contributed by atoms with Crippen LogP contribution in [-0.2, 0) is 4.79 Å². The first-order valence-electron chi connectivity index (χ1n) is 8.68. The summed E-state index contributed by atoms with van der Waals surface area (Å²) in [5.41, 5.74) is 0. The minimum atomic E-state index is -0.696. The van der Waals surface area contributed by atoms with Crippen molar-refractivity contribution in [1.82, 2.24) is 9.80 Å². The Labute approximate surface area is 129 Å². The first-order valence-corrected chi connectivity index (χ1v) is 8.68. The van der Waals surface area contributed by atoms with Crippen molar-refractivity contribution in [2.24, 2.45) is 11.8 Å². The van der Waals surface area contributed by atoms with Gasteiger partial charge >= 0.3 is 5.97 Å². The molecule has 122 valence electrons. The summed E-state index contributed by atoms with van der Waals surface area (Å²) < 4.78 is 0. The van der Waals surface area contributed by atoms with Gasteiger partial charge in [-0.25, -0.2) is 0 Å². The number of rotatable bonds is 5. The quantitative estimate of drug-likeness (QED) is 0.847. The lowest BCUT2D eigenvalue weighted by Crippen LogP contribution is -2.54. The Morgan fingerprint density at radius 1 is 1.14 bits per heavy atom. The van der Waals surface area contributed by atoms with Gasteiger partial charge in [0.05, 0.1) is 0 Å². The highest BCUT2D eigenvalue weighted by atomic mass is 16.4. The first-order chi connectivity index (χ1) is 9.97. The van der Waals surface area contributed by atoms with E-state index in [0.717, 1.165) is 44.1 Å². The third kappa shape index (κ3) is 4.68. The molecule has 1 saturated carbocycles. The van der Waals surface area contributed by atoms with Crippen molar-refractivity contribution in [1.29, 1.82) is 0 Å². The minimum absolute atomic E-state index is 0.341. The normalized spacial score (nSPS) is 30.5. The van der Waals surface area contributed by atoms with Crippen LogP contribution in [-0.4, -0.2) is 59.1 Å². The number of hydrogen-bond donors (Lipinski definition) is 1. The average molecular weight is 296 g/mol. The molecule has 2 aliphatic rings. The largest absolute Gasteiger partial charge is 0.480 e. The van der Waals surface area contributed by atoms with Crippen LogP contribution >= 0.6 is 0 Å². The molecule has 1 saturated heterocycles. The Morgan fingerprint density at radius 2 is 1.81 bits per heavy atom. The molecule has 1 heterocycles. The second-order valence-corrected chi connectivity index (χ2v) is 7.40. The third-order valence-electron chi connectivity index (χ3n) is 5.33. The number of carboxylic acid groups (broad SMARTS) is 1. The fraction of sp³-hybridized carbons (Fsp3) is 0.941. The van der Waals surface area contributed by atoms with E-state index < -0.39 is 5.97 Å². The van der Waals surface area contributed by atoms with Crippen molar-refractivity contribution >= 4 is 5.97 Å². The van der Waals surface area contributed by atoms with E-state index in [-0.39, 0.29) is 6.04 Å². The van der Waals surface area contributed by atoms with Gasteiger partial charge in [0.25, 0.3) is 0 Å². The van der Waals surface area contributed by atoms with E-state index in [4.69, 9.17) is 5.11 Å². The molecule has 0 amide bonds. The molecule has 3 unspecified atom stereocenters. The van der Waals surface area contributed by atoms with Gasteiger partial charge in [-0.05, 0) is 38.0 Å². The zero-order chi connectivity index (χ0) is 15.4. The predicted octanol–water partition coefficient (Wildman–Crippen LogP) is 2.68. The van der Waals surface area contributed by atoms with E-state index in [1.807, 2.05) is 0 Å². The lowest BCUT2D eigenvalue weighted by molar-refractivity contribution is -0.143. The Kier molecular flexibility index (Phi) is 6.06. The van der Waals surface area contributed by atoms with Crippen molar-refractivity contribution in [3.8, 4) is 0 Å². The van der Waals surface area contributed by atoms with Gasteiger partial charge in [0.2, 0.25) is 0 Å². The Morgan fingerprint density at radius 3 is 2.38 bits per heavy atom. The summed E-state index contributed by atoms with van der Waals surface area (Å²) in [6.07, 6.45) is 6.83. The molecule has 4 nitrogen and oxygen atoms in total. The monoisotopic (exact) mass is 296 g/mol. The molecule has 1 aliphatic carbocycles. The molecule has 1 N–H and O–H groups in total. The van der Waals surface area contributed by atoms with Gasteiger partial charge in [-0.1, -0.05) is 26.7 Å². The summed E-state index contributed by atoms with van der Waals surface area (Å²) in [4.78, 5) is 15.8. The summed E-state index contributed by atoms with van der Waals surface area (Å²) in [5.74, 6) is 1.01. The van der Waals surface area contributed by atoms with Gasteiger partial charge in [-0.2, -0.15) is 0 Å². The molecule has 0 aromatic rings. The number of hydrogen-bond acceptors (Lipinski definition) is 3. The summed E-state index contributed by atoms with van der Waals surface area (Å²) in [7, 11) is 0. The highest BCUT2D eigenvalue weighted by Gasteiger charge is 2.31. The third-order valence-corrected chi connectivity index (χ3v) is 5.33. The van der Waals surface area contributed by atoms with Crippen molar-refractivity contribution in [2.45, 2.75) is 65.0 Å². The highest BCUT2D eigenvalue weighted by molar-refractivity contribution is 5.72. The molecule has 2 rings (SSSR count). The zero-order valence-electron chi connectivity index (χ0n) is 13.9. The lowest BCUT2D eigenvalue weighted by Gasteiger charge is -2.43. The maximum atomic E-state index is 11.1. The molecule has 3 atom stereocenters. The van der Waals surface area contributed by atoms with Gasteiger partial charge in [0, 0.05) is 32.2 Å². The molecule has 0 aromatic carbocycles. The van der Waals surface area contributed by atoms with E-state index in [0.29, 0.717) is 0 Å². The molecular formula is C17H32N2O2. The number of carboxylic acids is 1. The standard InChI is InChI=1S/C17H32N2O2/c1-13(2)11-15-5-4-6-16(12-15)19-9-7-18(8-10-19)14(3)17(20)21/h13-16H,4-12H2,1-3H3,(H,20,21). The fourth-order valence-electron chi connectivity index (χ4n) is 4.12. The molecule has 2 fully saturated rings. The summed E-state index contributed by atoms with van der Waals surface area (Å²) in [6, 6.07) is 0.400. The molecular weight excluding hydrogens is 264 g/mol. The molecule has 1 aliphatic heterocycles. The number of nitrogens with zero attached hydrogens (tertiary/aromatic N) is 2. The summed E-state index contributed by atoms with van der Waals surface area (Å²) >= 11 is 0. The maximum absolute atomic E-state index is 11.1. The van der Waals surface area contributed by atoms with E-state index in [1.54, 1.807) is 6.92 Å². The SMILES string of the molecule is CC(C)CC1CCCC(N2CCN(C(C)C(=O)O)CC2)C1. The summed E-state index contributed by atoms with van der Waals surface area (Å²) in [5, 5.41) is 9.11. The zero-order valence-corrected chi connectivity index (χ0v) is 13.9. The number of piperazine rings is 1. The fourth-order valence-corrected chi connectivity index (χ4v) is 4.12. The first kappa shape index (κ1) is 16.8. The van der Waals surface area contributed by atoms with E-state index in [1.165, 1.54) is 32.1 Å². The Bertz CT molecular complexity index is 338. The van der Waals surface area contributed by atoms with Gasteiger partial charge in [-0.15, -0.1) is 0 Å². The van der Waals surface area contributed by atoms with Gasteiger partial charge in [0.15, 0.2) is 0 Å². The van der Waals surface area contributed by atoms with Crippen molar-refractivity contribution in [2.75, 3.05) is 26.2 Å². The van der Waals surface area contributed by atoms with Crippen LogP contribution in [0.4, 0.5) is 0 Å². The molecule has 0 radical (unpaired) electrons. The van der Waals surface area contributed by atoms with Crippen LogP contribution in [0, 0.1) is 11.8 Å². The lowest BCUT2D eigenvalue weighted by atomic mass is 9.80. The van der Waals surface area contributed by atoms with E-state index in [9.17, 15) is 4.79 Å². The molecule has 21 heavy (non-hydrogen) atoms. The Balaban J connectivity index is 1.80. The van der Waals surface area contributed by atoms with Crippen LogP contribution in [0.5, 0.6) is 0 Å². The van der Waals surface area contributed by atoms with E-state index >= 15 is 0 Å². The maximum Gasteiger partial charge on any atom is 0.320 e. The van der Waals surface area contributed by atoms with Crippen LogP contribution < -0.4 is 0 Å². The van der Waals surface area contributed by atoms with Crippen molar-refractivity contribution in [3.63, 3.8) is 0 Å². The smallest absolute Gasteiger partial charge is 0.320 e. The van der Waals surface area contributed by atoms with Crippen LogP contribution in [0.2, 0.25) is 0 Å². The van der Waals surface area contributed by atoms with Crippen LogP contribution in [0.1, 0.15) is 52.9 Å².